The predicted octanol–water partition coefficient (Wildman–Crippen LogP) is 2.15. The lowest BCUT2D eigenvalue weighted by molar-refractivity contribution is -0.133. The summed E-state index contributed by atoms with van der Waals surface area (Å²) in [5.74, 6) is -0.133. The van der Waals surface area contributed by atoms with E-state index in [0.717, 1.165) is 11.3 Å². The van der Waals surface area contributed by atoms with Crippen LogP contribution in [-0.4, -0.2) is 62.5 Å². The number of aromatic nitrogens is 2. The quantitative estimate of drug-likeness (QED) is 0.763. The van der Waals surface area contributed by atoms with Gasteiger partial charge in [-0.15, -0.1) is 0 Å². The number of carbonyl (C=O) groups is 2. The van der Waals surface area contributed by atoms with Gasteiger partial charge in [0.15, 0.2) is 0 Å². The third-order valence-corrected chi connectivity index (χ3v) is 5.50. The van der Waals surface area contributed by atoms with Crippen molar-refractivity contribution in [3.05, 3.63) is 27.7 Å². The molecular formula is C19H26N4O4S. The summed E-state index contributed by atoms with van der Waals surface area (Å²) in [6.07, 6.45) is -0.364. The first-order chi connectivity index (χ1) is 13.0. The molecule has 9 heteroatoms. The van der Waals surface area contributed by atoms with Crippen molar-refractivity contribution in [2.75, 3.05) is 26.2 Å². The molecule has 0 aliphatic carbocycles. The van der Waals surface area contributed by atoms with E-state index in [2.05, 4.69) is 4.98 Å². The van der Waals surface area contributed by atoms with Gasteiger partial charge < -0.3 is 14.5 Å². The smallest absolute Gasteiger partial charge is 0.410 e. The van der Waals surface area contributed by atoms with E-state index in [9.17, 15) is 14.4 Å². The number of amides is 2. The molecule has 0 unspecified atom stereocenters. The van der Waals surface area contributed by atoms with Gasteiger partial charge in [0.1, 0.15) is 17.0 Å². The lowest BCUT2D eigenvalue weighted by Gasteiger charge is -2.35. The van der Waals surface area contributed by atoms with Gasteiger partial charge in [0, 0.05) is 31.9 Å². The Bertz CT molecular complexity index is 965. The van der Waals surface area contributed by atoms with E-state index < -0.39 is 5.60 Å². The van der Waals surface area contributed by atoms with Crippen LogP contribution in [0.1, 0.15) is 32.0 Å². The molecule has 0 aromatic carbocycles. The summed E-state index contributed by atoms with van der Waals surface area (Å²) in [6.45, 7) is 10.9. The van der Waals surface area contributed by atoms with Crippen LogP contribution < -0.4 is 5.56 Å². The fourth-order valence-electron chi connectivity index (χ4n) is 3.19. The van der Waals surface area contributed by atoms with Crippen LogP contribution in [0, 0.1) is 13.8 Å². The molecule has 152 valence electrons. The lowest BCUT2D eigenvalue weighted by Crippen LogP contribution is -2.52. The first kappa shape index (κ1) is 20.3. The maximum atomic E-state index is 12.7. The Balaban J connectivity index is 1.65. The molecule has 1 saturated heterocycles. The highest BCUT2D eigenvalue weighted by atomic mass is 32.1. The SMILES string of the molecule is Cc1cc(C)c2c(=O)n(CC(=O)N3CCN(C(=O)OC(C)(C)C)CC3)sc2n1. The normalized spacial score (nSPS) is 15.2. The average Bonchev–Trinajstić information content (AvgIpc) is 2.89. The molecule has 1 aliphatic heterocycles. The zero-order valence-electron chi connectivity index (χ0n) is 16.9. The minimum Gasteiger partial charge on any atom is -0.444 e. The van der Waals surface area contributed by atoms with E-state index in [0.29, 0.717) is 36.4 Å². The van der Waals surface area contributed by atoms with Crippen molar-refractivity contribution in [1.82, 2.24) is 18.7 Å². The number of pyridine rings is 1. The molecule has 0 atom stereocenters. The van der Waals surface area contributed by atoms with Crippen LogP contribution in [0.4, 0.5) is 4.79 Å². The number of carbonyl (C=O) groups excluding carboxylic acids is 2. The molecule has 2 aromatic rings. The van der Waals surface area contributed by atoms with E-state index >= 15 is 0 Å². The molecular weight excluding hydrogens is 380 g/mol. The Kier molecular flexibility index (Phi) is 5.47. The van der Waals surface area contributed by atoms with Gasteiger partial charge in [-0.05, 0) is 57.8 Å². The highest BCUT2D eigenvalue weighted by Gasteiger charge is 2.28. The number of hydrogen-bond donors (Lipinski definition) is 0. The van der Waals surface area contributed by atoms with E-state index in [1.54, 1.807) is 9.80 Å². The van der Waals surface area contributed by atoms with Gasteiger partial charge in [0.05, 0.1) is 5.39 Å². The second-order valence-corrected chi connectivity index (χ2v) is 9.05. The molecule has 2 amide bonds. The molecule has 3 heterocycles. The fourth-order valence-corrected chi connectivity index (χ4v) is 4.27. The first-order valence-corrected chi connectivity index (χ1v) is 10.1. The summed E-state index contributed by atoms with van der Waals surface area (Å²) in [4.78, 5) is 45.8. The molecule has 1 fully saturated rings. The summed E-state index contributed by atoms with van der Waals surface area (Å²) in [5, 5.41) is 0.582. The number of nitrogens with zero attached hydrogens (tertiary/aromatic N) is 4. The van der Waals surface area contributed by atoms with Gasteiger partial charge in [-0.25, -0.2) is 9.78 Å². The number of ether oxygens (including phenoxy) is 1. The number of rotatable bonds is 2. The van der Waals surface area contributed by atoms with Gasteiger partial charge >= 0.3 is 6.09 Å². The zero-order valence-corrected chi connectivity index (χ0v) is 17.8. The Hall–Kier alpha value is -2.42. The van der Waals surface area contributed by atoms with Crippen LogP contribution in [0.5, 0.6) is 0 Å². The summed E-state index contributed by atoms with van der Waals surface area (Å²) in [6, 6.07) is 1.87. The van der Waals surface area contributed by atoms with Crippen LogP contribution >= 0.6 is 11.5 Å². The molecule has 3 rings (SSSR count). The van der Waals surface area contributed by atoms with Crippen LogP contribution in [0.25, 0.3) is 10.2 Å². The third kappa shape index (κ3) is 4.35. The Morgan fingerprint density at radius 3 is 2.36 bits per heavy atom. The van der Waals surface area contributed by atoms with E-state index in [-0.39, 0.29) is 24.1 Å². The van der Waals surface area contributed by atoms with Gasteiger partial charge in [0.25, 0.3) is 5.56 Å². The first-order valence-electron chi connectivity index (χ1n) is 9.29. The molecule has 1 aliphatic rings. The number of piperazine rings is 1. The number of aryl methyl sites for hydroxylation is 2. The number of hydrogen-bond acceptors (Lipinski definition) is 6. The zero-order chi connectivity index (χ0) is 20.6. The van der Waals surface area contributed by atoms with Crippen molar-refractivity contribution in [2.24, 2.45) is 0 Å². The number of fused-ring (bicyclic) bond motifs is 1. The van der Waals surface area contributed by atoms with Crippen LogP contribution in [0.2, 0.25) is 0 Å². The molecule has 0 radical (unpaired) electrons. The highest BCUT2D eigenvalue weighted by Crippen LogP contribution is 2.19. The molecule has 0 N–H and O–H groups in total. The minimum atomic E-state index is -0.545. The van der Waals surface area contributed by atoms with Crippen LogP contribution in [-0.2, 0) is 16.1 Å². The van der Waals surface area contributed by atoms with Crippen molar-refractivity contribution in [3.8, 4) is 0 Å². The molecule has 28 heavy (non-hydrogen) atoms. The molecule has 0 spiro atoms. The predicted molar refractivity (Wildman–Crippen MR) is 108 cm³/mol. The summed E-state index contributed by atoms with van der Waals surface area (Å²) >= 11 is 1.22. The van der Waals surface area contributed by atoms with Gasteiger partial charge in [-0.2, -0.15) is 0 Å². The monoisotopic (exact) mass is 406 g/mol. The lowest BCUT2D eigenvalue weighted by atomic mass is 10.2. The standard InChI is InChI=1S/C19H26N4O4S/c1-12-10-13(2)20-16-15(12)17(25)23(28-16)11-14(24)21-6-8-22(9-7-21)18(26)27-19(3,4)5/h10H,6-9,11H2,1-5H3. The van der Waals surface area contributed by atoms with E-state index in [4.69, 9.17) is 4.74 Å². The third-order valence-electron chi connectivity index (χ3n) is 4.51. The second kappa shape index (κ2) is 7.54. The minimum absolute atomic E-state index is 0.00914. The molecule has 2 aromatic heterocycles. The van der Waals surface area contributed by atoms with Crippen LogP contribution in [0.3, 0.4) is 0 Å². The fraction of sp³-hybridized carbons (Fsp3) is 0.579. The highest BCUT2D eigenvalue weighted by molar-refractivity contribution is 7.13. The van der Waals surface area contributed by atoms with Crippen molar-refractivity contribution in [3.63, 3.8) is 0 Å². The average molecular weight is 407 g/mol. The van der Waals surface area contributed by atoms with Crippen molar-refractivity contribution < 1.29 is 14.3 Å². The van der Waals surface area contributed by atoms with Gasteiger partial charge in [0.2, 0.25) is 5.91 Å². The Labute approximate surface area is 167 Å². The second-order valence-electron chi connectivity index (χ2n) is 8.04. The summed E-state index contributed by atoms with van der Waals surface area (Å²) in [7, 11) is 0. The van der Waals surface area contributed by atoms with Gasteiger partial charge in [-0.1, -0.05) is 0 Å². The van der Waals surface area contributed by atoms with Crippen LogP contribution in [0.15, 0.2) is 10.9 Å². The molecule has 0 bridgehead atoms. The van der Waals surface area contributed by atoms with Crippen molar-refractivity contribution in [1.29, 1.82) is 0 Å². The summed E-state index contributed by atoms with van der Waals surface area (Å²) in [5.41, 5.74) is 1.01. The van der Waals surface area contributed by atoms with Gasteiger partial charge in [-0.3, -0.25) is 13.5 Å². The molecule has 0 saturated carbocycles. The van der Waals surface area contributed by atoms with Crippen molar-refractivity contribution in [2.45, 2.75) is 46.8 Å². The Morgan fingerprint density at radius 1 is 1.14 bits per heavy atom. The maximum Gasteiger partial charge on any atom is 0.410 e. The van der Waals surface area contributed by atoms with Crippen molar-refractivity contribution >= 4 is 33.7 Å². The Morgan fingerprint density at radius 2 is 1.75 bits per heavy atom. The molecule has 8 nitrogen and oxygen atoms in total. The summed E-state index contributed by atoms with van der Waals surface area (Å²) < 4.78 is 6.84. The topological polar surface area (TPSA) is 84.7 Å². The maximum absolute atomic E-state index is 12.7. The van der Waals surface area contributed by atoms with E-state index in [1.807, 2.05) is 40.7 Å². The van der Waals surface area contributed by atoms with E-state index in [1.165, 1.54) is 15.5 Å². The largest absolute Gasteiger partial charge is 0.444 e.